The topological polar surface area (TPSA) is 76.4 Å². The van der Waals surface area contributed by atoms with Gasteiger partial charge in [-0.1, -0.05) is 0 Å². The van der Waals surface area contributed by atoms with Crippen molar-refractivity contribution in [1.82, 2.24) is 25.1 Å². The summed E-state index contributed by atoms with van der Waals surface area (Å²) in [6, 6.07) is 13.6. The molecule has 0 saturated carbocycles. The molecule has 144 valence electrons. The first kappa shape index (κ1) is 18.0. The summed E-state index contributed by atoms with van der Waals surface area (Å²) >= 11 is 0. The van der Waals surface area contributed by atoms with E-state index in [9.17, 15) is 4.79 Å². The van der Waals surface area contributed by atoms with E-state index in [-0.39, 0.29) is 5.91 Å². The van der Waals surface area contributed by atoms with Gasteiger partial charge in [0.15, 0.2) is 0 Å². The highest BCUT2D eigenvalue weighted by Gasteiger charge is 2.23. The maximum absolute atomic E-state index is 12.9. The van der Waals surface area contributed by atoms with Gasteiger partial charge in [-0.2, -0.15) is 0 Å². The maximum atomic E-state index is 12.9. The summed E-state index contributed by atoms with van der Waals surface area (Å²) in [5.74, 6) is 0.902. The smallest absolute Gasteiger partial charge is 0.253 e. The van der Waals surface area contributed by atoms with Crippen molar-refractivity contribution in [2.75, 3.05) is 38.2 Å². The number of nitrogens with zero attached hydrogens (tertiary/aromatic N) is 6. The number of hydrogen-bond donors (Lipinski definition) is 0. The van der Waals surface area contributed by atoms with Gasteiger partial charge in [0.1, 0.15) is 12.1 Å². The molecule has 0 atom stereocenters. The van der Waals surface area contributed by atoms with Crippen molar-refractivity contribution in [1.29, 1.82) is 0 Å². The number of carbonyl (C=O) groups is 1. The molecule has 3 aromatic rings. The molecule has 1 amide bonds. The van der Waals surface area contributed by atoms with Gasteiger partial charge in [0.2, 0.25) is 0 Å². The summed E-state index contributed by atoms with van der Waals surface area (Å²) in [5.41, 5.74) is 3.66. The van der Waals surface area contributed by atoms with Crippen LogP contribution in [0.1, 0.15) is 15.9 Å². The highest BCUT2D eigenvalue weighted by Crippen LogP contribution is 2.22. The second-order valence-electron chi connectivity index (χ2n) is 6.73. The molecule has 2 heterocycles. The van der Waals surface area contributed by atoms with Crippen LogP contribution in [0, 0.1) is 6.92 Å². The van der Waals surface area contributed by atoms with Gasteiger partial charge in [-0.3, -0.25) is 4.79 Å². The van der Waals surface area contributed by atoms with Gasteiger partial charge in [-0.15, -0.1) is 5.10 Å². The largest absolute Gasteiger partial charge is 0.497 e. The molecule has 8 heteroatoms. The van der Waals surface area contributed by atoms with Gasteiger partial charge in [-0.25, -0.2) is 4.68 Å². The zero-order chi connectivity index (χ0) is 19.5. The van der Waals surface area contributed by atoms with Crippen LogP contribution in [0.4, 0.5) is 5.69 Å². The molecule has 1 saturated heterocycles. The molecular weight excluding hydrogens is 356 g/mol. The summed E-state index contributed by atoms with van der Waals surface area (Å²) in [4.78, 5) is 17.1. The van der Waals surface area contributed by atoms with Crippen LogP contribution in [-0.4, -0.2) is 64.3 Å². The third kappa shape index (κ3) is 3.53. The van der Waals surface area contributed by atoms with E-state index in [1.54, 1.807) is 18.1 Å². The van der Waals surface area contributed by atoms with Crippen molar-refractivity contribution in [3.05, 3.63) is 59.9 Å². The molecule has 0 N–H and O–H groups in total. The molecule has 4 rings (SSSR count). The van der Waals surface area contributed by atoms with Crippen molar-refractivity contribution in [3.8, 4) is 11.4 Å². The molecular formula is C20H22N6O2. The Morgan fingerprint density at radius 2 is 1.79 bits per heavy atom. The van der Waals surface area contributed by atoms with Crippen molar-refractivity contribution in [2.45, 2.75) is 6.92 Å². The third-order valence-electron chi connectivity index (χ3n) is 5.04. The van der Waals surface area contributed by atoms with E-state index in [1.165, 1.54) is 0 Å². The average molecular weight is 378 g/mol. The van der Waals surface area contributed by atoms with Crippen LogP contribution in [0.15, 0.2) is 48.8 Å². The molecule has 0 aliphatic carbocycles. The summed E-state index contributed by atoms with van der Waals surface area (Å²) < 4.78 is 6.81. The number of amides is 1. The molecule has 0 radical (unpaired) electrons. The Hall–Kier alpha value is -3.42. The molecule has 1 aliphatic rings. The first-order valence-electron chi connectivity index (χ1n) is 9.18. The first-order chi connectivity index (χ1) is 13.7. The lowest BCUT2D eigenvalue weighted by Crippen LogP contribution is -2.48. The van der Waals surface area contributed by atoms with E-state index in [1.807, 2.05) is 42.2 Å². The van der Waals surface area contributed by atoms with Crippen LogP contribution >= 0.6 is 0 Å². The van der Waals surface area contributed by atoms with E-state index in [0.717, 1.165) is 35.8 Å². The molecule has 8 nitrogen and oxygen atoms in total. The Labute approximate surface area is 163 Å². The van der Waals surface area contributed by atoms with Gasteiger partial charge in [0.05, 0.1) is 12.8 Å². The number of methoxy groups -OCH3 is 1. The van der Waals surface area contributed by atoms with Gasteiger partial charge in [-0.05, 0) is 65.4 Å². The maximum Gasteiger partial charge on any atom is 0.253 e. The third-order valence-corrected chi connectivity index (χ3v) is 5.04. The Morgan fingerprint density at radius 1 is 1.04 bits per heavy atom. The first-order valence-corrected chi connectivity index (χ1v) is 9.18. The van der Waals surface area contributed by atoms with Gasteiger partial charge >= 0.3 is 0 Å². The second kappa shape index (κ2) is 7.67. The van der Waals surface area contributed by atoms with Crippen LogP contribution in [0.5, 0.6) is 5.75 Å². The number of carbonyl (C=O) groups excluding carboxylic acids is 1. The number of piperazine rings is 1. The minimum Gasteiger partial charge on any atom is -0.497 e. The fourth-order valence-corrected chi connectivity index (χ4v) is 3.46. The van der Waals surface area contributed by atoms with E-state index >= 15 is 0 Å². The predicted molar refractivity (Wildman–Crippen MR) is 105 cm³/mol. The highest BCUT2D eigenvalue weighted by molar-refractivity contribution is 5.94. The van der Waals surface area contributed by atoms with Crippen molar-refractivity contribution in [2.24, 2.45) is 0 Å². The van der Waals surface area contributed by atoms with E-state index in [2.05, 4.69) is 32.6 Å². The molecule has 1 fully saturated rings. The number of tetrazole rings is 1. The number of rotatable bonds is 4. The number of aromatic nitrogens is 4. The zero-order valence-corrected chi connectivity index (χ0v) is 15.9. The summed E-state index contributed by atoms with van der Waals surface area (Å²) in [5, 5.41) is 11.2. The van der Waals surface area contributed by atoms with Gasteiger partial charge < -0.3 is 14.5 Å². The fourth-order valence-electron chi connectivity index (χ4n) is 3.46. The van der Waals surface area contributed by atoms with Crippen LogP contribution in [0.2, 0.25) is 0 Å². The predicted octanol–water partition coefficient (Wildman–Crippen LogP) is 1.94. The lowest BCUT2D eigenvalue weighted by atomic mass is 10.1. The standard InChI is InChI=1S/C20H22N6O2/c1-15-13-16(3-8-19(15)26-14-21-22-23-26)20(27)25-11-9-24(10-12-25)17-4-6-18(28-2)7-5-17/h3-8,13-14H,9-12H2,1-2H3. The lowest BCUT2D eigenvalue weighted by Gasteiger charge is -2.36. The number of hydrogen-bond acceptors (Lipinski definition) is 6. The Balaban J connectivity index is 1.41. The van der Waals surface area contributed by atoms with E-state index < -0.39 is 0 Å². The minimum atomic E-state index is 0.0562. The summed E-state index contributed by atoms with van der Waals surface area (Å²) in [7, 11) is 1.66. The van der Waals surface area contributed by atoms with Crippen LogP contribution in [0.25, 0.3) is 5.69 Å². The SMILES string of the molecule is COc1ccc(N2CCN(C(=O)c3ccc(-n4cnnn4)c(C)c3)CC2)cc1. The molecule has 1 aliphatic heterocycles. The van der Waals surface area contributed by atoms with Crippen molar-refractivity contribution >= 4 is 11.6 Å². The van der Waals surface area contributed by atoms with Gasteiger partial charge in [0.25, 0.3) is 5.91 Å². The molecule has 1 aromatic heterocycles. The molecule has 0 bridgehead atoms. The fraction of sp³-hybridized carbons (Fsp3) is 0.300. The average Bonchev–Trinajstić information content (AvgIpc) is 3.28. The summed E-state index contributed by atoms with van der Waals surface area (Å²) in [6.45, 7) is 4.95. The summed E-state index contributed by atoms with van der Waals surface area (Å²) in [6.07, 6.45) is 1.54. The zero-order valence-electron chi connectivity index (χ0n) is 15.9. The molecule has 0 spiro atoms. The van der Waals surface area contributed by atoms with Crippen molar-refractivity contribution in [3.63, 3.8) is 0 Å². The van der Waals surface area contributed by atoms with Gasteiger partial charge in [0, 0.05) is 37.4 Å². The number of aryl methyl sites for hydroxylation is 1. The molecule has 0 unspecified atom stereocenters. The number of benzene rings is 2. The van der Waals surface area contributed by atoms with E-state index in [0.29, 0.717) is 18.7 Å². The van der Waals surface area contributed by atoms with Crippen LogP contribution in [-0.2, 0) is 0 Å². The van der Waals surface area contributed by atoms with Crippen molar-refractivity contribution < 1.29 is 9.53 Å². The monoisotopic (exact) mass is 378 g/mol. The normalized spacial score (nSPS) is 14.2. The molecule has 2 aromatic carbocycles. The highest BCUT2D eigenvalue weighted by atomic mass is 16.5. The number of ether oxygens (including phenoxy) is 1. The Kier molecular flexibility index (Phi) is 4.92. The number of anilines is 1. The van der Waals surface area contributed by atoms with E-state index in [4.69, 9.17) is 4.74 Å². The van der Waals surface area contributed by atoms with Crippen LogP contribution in [0.3, 0.4) is 0 Å². The minimum absolute atomic E-state index is 0.0562. The lowest BCUT2D eigenvalue weighted by molar-refractivity contribution is 0.0746. The second-order valence-corrected chi connectivity index (χ2v) is 6.73. The van der Waals surface area contributed by atoms with Crippen LogP contribution < -0.4 is 9.64 Å². The Morgan fingerprint density at radius 3 is 2.39 bits per heavy atom. The quantitative estimate of drug-likeness (QED) is 0.691. The Bertz CT molecular complexity index is 947. The molecule has 28 heavy (non-hydrogen) atoms.